The third-order valence-corrected chi connectivity index (χ3v) is 0.945. The number of rotatable bonds is 0. The predicted molar refractivity (Wildman–Crippen MR) is 31.2 cm³/mol. The summed E-state index contributed by atoms with van der Waals surface area (Å²) < 4.78 is 0. The molecule has 50 valence electrons. The van der Waals surface area contributed by atoms with Gasteiger partial charge < -0.3 is 10.1 Å². The fourth-order valence-corrected chi connectivity index (χ4v) is 0.491. The van der Waals surface area contributed by atoms with Crippen molar-refractivity contribution in [2.24, 2.45) is 0 Å². The monoisotopic (exact) mass is 137 g/mol. The summed E-state index contributed by atoms with van der Waals surface area (Å²) in [4.78, 5) is 16.0. The average Bonchev–Trinajstić information content (AvgIpc) is 1.88. The van der Waals surface area contributed by atoms with Crippen LogP contribution in [-0.2, 0) is 0 Å². The molecule has 0 saturated carbocycles. The van der Waals surface area contributed by atoms with Crippen LogP contribution in [0.2, 0.25) is 0 Å². The lowest BCUT2D eigenvalue weighted by Crippen LogP contribution is -2.09. The molecule has 0 fully saturated rings. The molecular formula is C5H3N3O2. The van der Waals surface area contributed by atoms with Crippen molar-refractivity contribution in [3.05, 3.63) is 22.2 Å². The van der Waals surface area contributed by atoms with E-state index in [4.69, 9.17) is 10.4 Å². The second kappa shape index (κ2) is 2.19. The molecule has 10 heavy (non-hydrogen) atoms. The SMILES string of the molecule is N#Cc1c(O)nc[nH]c1=O. The maximum Gasteiger partial charge on any atom is 0.272 e. The Morgan fingerprint density at radius 3 is 2.90 bits per heavy atom. The van der Waals surface area contributed by atoms with Crippen LogP contribution in [0, 0.1) is 11.3 Å². The molecule has 0 aliphatic carbocycles. The van der Waals surface area contributed by atoms with E-state index in [9.17, 15) is 4.79 Å². The van der Waals surface area contributed by atoms with Crippen LogP contribution < -0.4 is 5.56 Å². The number of nitriles is 1. The Hall–Kier alpha value is -1.83. The molecule has 1 aromatic rings. The maximum absolute atomic E-state index is 10.6. The molecule has 1 rings (SSSR count). The minimum absolute atomic E-state index is 0.359. The van der Waals surface area contributed by atoms with Gasteiger partial charge in [-0.05, 0) is 0 Å². The van der Waals surface area contributed by atoms with Gasteiger partial charge in [-0.1, -0.05) is 0 Å². The third-order valence-electron chi connectivity index (χ3n) is 0.945. The van der Waals surface area contributed by atoms with Crippen molar-refractivity contribution >= 4 is 0 Å². The lowest BCUT2D eigenvalue weighted by atomic mass is 10.3. The van der Waals surface area contributed by atoms with Crippen LogP contribution in [0.1, 0.15) is 5.56 Å². The zero-order chi connectivity index (χ0) is 7.56. The first-order chi connectivity index (χ1) is 4.75. The fourth-order valence-electron chi connectivity index (χ4n) is 0.491. The van der Waals surface area contributed by atoms with Gasteiger partial charge in [-0.25, -0.2) is 4.98 Å². The minimum atomic E-state index is -0.630. The zero-order valence-electron chi connectivity index (χ0n) is 4.83. The Labute approximate surface area is 55.6 Å². The van der Waals surface area contributed by atoms with E-state index < -0.39 is 11.4 Å². The fraction of sp³-hybridized carbons (Fsp3) is 0. The molecule has 0 aliphatic heterocycles. The van der Waals surface area contributed by atoms with Crippen LogP contribution in [0.15, 0.2) is 11.1 Å². The topological polar surface area (TPSA) is 89.8 Å². The normalized spacial score (nSPS) is 8.70. The van der Waals surface area contributed by atoms with Crippen molar-refractivity contribution in [1.82, 2.24) is 9.97 Å². The summed E-state index contributed by atoms with van der Waals surface area (Å²) in [7, 11) is 0. The number of aromatic hydroxyl groups is 1. The highest BCUT2D eigenvalue weighted by molar-refractivity contribution is 5.33. The van der Waals surface area contributed by atoms with Gasteiger partial charge in [0.1, 0.15) is 6.07 Å². The van der Waals surface area contributed by atoms with E-state index >= 15 is 0 Å². The van der Waals surface area contributed by atoms with Crippen molar-refractivity contribution in [1.29, 1.82) is 5.26 Å². The van der Waals surface area contributed by atoms with Gasteiger partial charge in [-0.15, -0.1) is 0 Å². The largest absolute Gasteiger partial charge is 0.492 e. The number of nitrogens with zero attached hydrogens (tertiary/aromatic N) is 2. The lowest BCUT2D eigenvalue weighted by Gasteiger charge is -1.88. The molecule has 0 saturated heterocycles. The third kappa shape index (κ3) is 0.821. The molecule has 0 atom stereocenters. The van der Waals surface area contributed by atoms with E-state index in [1.165, 1.54) is 6.07 Å². The van der Waals surface area contributed by atoms with Crippen molar-refractivity contribution < 1.29 is 5.11 Å². The van der Waals surface area contributed by atoms with Gasteiger partial charge in [0.25, 0.3) is 5.56 Å². The van der Waals surface area contributed by atoms with Crippen LogP contribution in [-0.4, -0.2) is 15.1 Å². The second-order valence-electron chi connectivity index (χ2n) is 1.54. The van der Waals surface area contributed by atoms with E-state index in [1.807, 2.05) is 0 Å². The molecule has 0 spiro atoms. The highest BCUT2D eigenvalue weighted by atomic mass is 16.3. The first-order valence-electron chi connectivity index (χ1n) is 2.42. The second-order valence-corrected chi connectivity index (χ2v) is 1.54. The quantitative estimate of drug-likeness (QED) is 0.497. The number of H-pyrrole nitrogens is 1. The van der Waals surface area contributed by atoms with Crippen LogP contribution in [0.25, 0.3) is 0 Å². The summed E-state index contributed by atoms with van der Waals surface area (Å²) >= 11 is 0. The molecule has 1 aromatic heterocycles. The Bertz CT molecular complexity index is 335. The van der Waals surface area contributed by atoms with Crippen molar-refractivity contribution in [3.8, 4) is 11.9 Å². The molecule has 5 heteroatoms. The molecule has 1 heterocycles. The van der Waals surface area contributed by atoms with Crippen molar-refractivity contribution in [2.75, 3.05) is 0 Å². The van der Waals surface area contributed by atoms with Crippen LogP contribution in [0.5, 0.6) is 5.88 Å². The Morgan fingerprint density at radius 2 is 2.50 bits per heavy atom. The number of aromatic amines is 1. The Balaban J connectivity index is 3.50. The summed E-state index contributed by atoms with van der Waals surface area (Å²) in [6.45, 7) is 0. The molecule has 0 aromatic carbocycles. The summed E-state index contributed by atoms with van der Waals surface area (Å²) in [5, 5.41) is 17.0. The van der Waals surface area contributed by atoms with Crippen LogP contribution in [0.3, 0.4) is 0 Å². The predicted octanol–water partition coefficient (Wildman–Crippen LogP) is -0.653. The summed E-state index contributed by atoms with van der Waals surface area (Å²) in [6, 6.07) is 1.51. The number of aromatic nitrogens is 2. The molecular weight excluding hydrogens is 134 g/mol. The Kier molecular flexibility index (Phi) is 1.38. The summed E-state index contributed by atoms with van der Waals surface area (Å²) in [5.41, 5.74) is -0.988. The van der Waals surface area contributed by atoms with Crippen molar-refractivity contribution in [3.63, 3.8) is 0 Å². The van der Waals surface area contributed by atoms with Gasteiger partial charge in [0, 0.05) is 0 Å². The van der Waals surface area contributed by atoms with Crippen LogP contribution >= 0.6 is 0 Å². The average molecular weight is 137 g/mol. The number of hydrogen-bond donors (Lipinski definition) is 2. The van der Waals surface area contributed by atoms with Gasteiger partial charge in [-0.3, -0.25) is 4.79 Å². The maximum atomic E-state index is 10.6. The van der Waals surface area contributed by atoms with Gasteiger partial charge in [0.05, 0.1) is 6.33 Å². The van der Waals surface area contributed by atoms with E-state index in [2.05, 4.69) is 9.97 Å². The lowest BCUT2D eigenvalue weighted by molar-refractivity contribution is 0.449. The number of nitrogens with one attached hydrogen (secondary N) is 1. The molecule has 2 N–H and O–H groups in total. The van der Waals surface area contributed by atoms with E-state index in [0.29, 0.717) is 0 Å². The van der Waals surface area contributed by atoms with E-state index in [-0.39, 0.29) is 5.56 Å². The van der Waals surface area contributed by atoms with Gasteiger partial charge in [0.15, 0.2) is 5.56 Å². The molecule has 0 radical (unpaired) electrons. The molecule has 0 unspecified atom stereocenters. The van der Waals surface area contributed by atoms with Gasteiger partial charge in [-0.2, -0.15) is 5.26 Å². The minimum Gasteiger partial charge on any atom is -0.492 e. The molecule has 0 amide bonds. The van der Waals surface area contributed by atoms with Crippen molar-refractivity contribution in [2.45, 2.75) is 0 Å². The summed E-state index contributed by atoms with van der Waals surface area (Å²) in [5.74, 6) is -0.536. The molecule has 0 bridgehead atoms. The smallest absolute Gasteiger partial charge is 0.272 e. The molecule has 5 nitrogen and oxygen atoms in total. The zero-order valence-corrected chi connectivity index (χ0v) is 4.83. The van der Waals surface area contributed by atoms with Gasteiger partial charge in [0.2, 0.25) is 5.88 Å². The van der Waals surface area contributed by atoms with Gasteiger partial charge >= 0.3 is 0 Å². The highest BCUT2D eigenvalue weighted by Crippen LogP contribution is 2.02. The van der Waals surface area contributed by atoms with E-state index in [0.717, 1.165) is 6.33 Å². The summed E-state index contributed by atoms with van der Waals surface area (Å²) in [6.07, 6.45) is 1.03. The van der Waals surface area contributed by atoms with E-state index in [1.54, 1.807) is 0 Å². The first-order valence-corrected chi connectivity index (χ1v) is 2.42. The number of hydrogen-bond acceptors (Lipinski definition) is 4. The molecule has 0 aliphatic rings. The first kappa shape index (κ1) is 6.29. The highest BCUT2D eigenvalue weighted by Gasteiger charge is 2.03. The standard InChI is InChI=1S/C5H3N3O2/c6-1-3-4(9)7-2-8-5(3)10/h2H,(H2,7,8,9,10). The Morgan fingerprint density at radius 1 is 1.80 bits per heavy atom. The van der Waals surface area contributed by atoms with Crippen LogP contribution in [0.4, 0.5) is 0 Å².